The molecule has 0 bridgehead atoms. The van der Waals surface area contributed by atoms with Crippen molar-refractivity contribution in [1.82, 2.24) is 5.32 Å². The van der Waals surface area contributed by atoms with Crippen LogP contribution in [0, 0.1) is 17.0 Å². The maximum absolute atomic E-state index is 13.3. The summed E-state index contributed by atoms with van der Waals surface area (Å²) >= 11 is 0. The molecule has 0 aromatic heterocycles. The first kappa shape index (κ1) is 14.9. The standard InChI is InChI=1S/C12H15F2N3O2/c1-12(2,11(15)17-19)6-16-10(18)8-5-7(13)3-4-9(8)14/h3-5,19H,6H2,1-2H3,(H2,15,17)(H,16,18). The highest BCUT2D eigenvalue weighted by atomic mass is 19.1. The van der Waals surface area contributed by atoms with Crippen LogP contribution >= 0.6 is 0 Å². The summed E-state index contributed by atoms with van der Waals surface area (Å²) in [4.78, 5) is 11.7. The summed E-state index contributed by atoms with van der Waals surface area (Å²) in [5.74, 6) is -2.37. The fraction of sp³-hybridized carbons (Fsp3) is 0.333. The van der Waals surface area contributed by atoms with E-state index in [1.54, 1.807) is 13.8 Å². The van der Waals surface area contributed by atoms with E-state index in [1.165, 1.54) is 0 Å². The van der Waals surface area contributed by atoms with Crippen molar-refractivity contribution in [3.05, 3.63) is 35.4 Å². The summed E-state index contributed by atoms with van der Waals surface area (Å²) in [6.07, 6.45) is 0. The van der Waals surface area contributed by atoms with Gasteiger partial charge >= 0.3 is 0 Å². The molecule has 0 aliphatic rings. The maximum Gasteiger partial charge on any atom is 0.254 e. The van der Waals surface area contributed by atoms with Gasteiger partial charge in [0.05, 0.1) is 5.56 Å². The number of hydrogen-bond donors (Lipinski definition) is 3. The Balaban J connectivity index is 2.79. The first-order valence-electron chi connectivity index (χ1n) is 5.49. The SMILES string of the molecule is CC(C)(CNC(=O)c1cc(F)ccc1F)/C(N)=N/O. The van der Waals surface area contributed by atoms with Gasteiger partial charge in [-0.25, -0.2) is 8.78 Å². The second-order valence-electron chi connectivity index (χ2n) is 4.68. The fourth-order valence-electron chi connectivity index (χ4n) is 1.29. The number of halogens is 2. The minimum Gasteiger partial charge on any atom is -0.409 e. The van der Waals surface area contributed by atoms with E-state index in [1.807, 2.05) is 0 Å². The number of oxime groups is 1. The number of amides is 1. The number of nitrogens with two attached hydrogens (primary N) is 1. The lowest BCUT2D eigenvalue weighted by Crippen LogP contribution is -2.42. The molecule has 0 saturated heterocycles. The number of nitrogens with zero attached hydrogens (tertiary/aromatic N) is 1. The maximum atomic E-state index is 13.3. The van der Waals surface area contributed by atoms with Crippen molar-refractivity contribution in [3.8, 4) is 0 Å². The van der Waals surface area contributed by atoms with Crippen LogP contribution in [0.5, 0.6) is 0 Å². The molecule has 0 unspecified atom stereocenters. The van der Waals surface area contributed by atoms with E-state index < -0.39 is 28.5 Å². The second kappa shape index (κ2) is 5.64. The summed E-state index contributed by atoms with van der Waals surface area (Å²) in [7, 11) is 0. The molecule has 1 rings (SSSR count). The summed E-state index contributed by atoms with van der Waals surface area (Å²) in [6, 6.07) is 2.60. The van der Waals surface area contributed by atoms with Gasteiger partial charge in [-0.15, -0.1) is 0 Å². The molecule has 0 spiro atoms. The van der Waals surface area contributed by atoms with Gasteiger partial charge in [0, 0.05) is 12.0 Å². The third kappa shape index (κ3) is 3.64. The molecular formula is C12H15F2N3O2. The number of nitrogens with one attached hydrogen (secondary N) is 1. The molecule has 0 heterocycles. The van der Waals surface area contributed by atoms with E-state index in [9.17, 15) is 13.6 Å². The lowest BCUT2D eigenvalue weighted by molar-refractivity contribution is 0.0939. The molecule has 0 aliphatic carbocycles. The number of carbonyl (C=O) groups is 1. The number of hydrogen-bond acceptors (Lipinski definition) is 3. The van der Waals surface area contributed by atoms with Crippen molar-refractivity contribution in [3.63, 3.8) is 0 Å². The molecule has 1 amide bonds. The third-order valence-electron chi connectivity index (χ3n) is 2.67. The van der Waals surface area contributed by atoms with Gasteiger partial charge in [0.15, 0.2) is 0 Å². The Hall–Kier alpha value is -2.18. The molecule has 5 nitrogen and oxygen atoms in total. The van der Waals surface area contributed by atoms with E-state index in [2.05, 4.69) is 10.5 Å². The lowest BCUT2D eigenvalue weighted by Gasteiger charge is -2.23. The van der Waals surface area contributed by atoms with Crippen LogP contribution in [0.25, 0.3) is 0 Å². The van der Waals surface area contributed by atoms with E-state index in [0.717, 1.165) is 18.2 Å². The van der Waals surface area contributed by atoms with E-state index in [0.29, 0.717) is 0 Å². The van der Waals surface area contributed by atoms with Gasteiger partial charge in [0.2, 0.25) is 0 Å². The molecule has 1 aromatic carbocycles. The zero-order valence-electron chi connectivity index (χ0n) is 10.6. The summed E-state index contributed by atoms with van der Waals surface area (Å²) in [5.41, 5.74) is 4.24. The van der Waals surface area contributed by atoms with Gasteiger partial charge in [-0.1, -0.05) is 19.0 Å². The largest absolute Gasteiger partial charge is 0.409 e. The van der Waals surface area contributed by atoms with Crippen molar-refractivity contribution in [1.29, 1.82) is 0 Å². The van der Waals surface area contributed by atoms with Crippen molar-refractivity contribution < 1.29 is 18.8 Å². The zero-order chi connectivity index (χ0) is 14.6. The Labute approximate surface area is 109 Å². The Kier molecular flexibility index (Phi) is 4.42. The van der Waals surface area contributed by atoms with Crippen molar-refractivity contribution in [2.24, 2.45) is 16.3 Å². The van der Waals surface area contributed by atoms with E-state index >= 15 is 0 Å². The molecule has 0 fully saturated rings. The fourth-order valence-corrected chi connectivity index (χ4v) is 1.29. The molecule has 7 heteroatoms. The molecule has 4 N–H and O–H groups in total. The lowest BCUT2D eigenvalue weighted by atomic mass is 9.92. The summed E-state index contributed by atoms with van der Waals surface area (Å²) in [6.45, 7) is 3.27. The highest BCUT2D eigenvalue weighted by Gasteiger charge is 2.25. The van der Waals surface area contributed by atoms with Crippen LogP contribution in [0.3, 0.4) is 0 Å². The normalized spacial score (nSPS) is 12.3. The molecule has 19 heavy (non-hydrogen) atoms. The van der Waals surface area contributed by atoms with Crippen LogP contribution < -0.4 is 11.1 Å². The molecule has 0 aliphatic heterocycles. The third-order valence-corrected chi connectivity index (χ3v) is 2.67. The summed E-state index contributed by atoms with van der Waals surface area (Å²) < 4.78 is 26.3. The second-order valence-corrected chi connectivity index (χ2v) is 4.68. The molecule has 0 atom stereocenters. The van der Waals surface area contributed by atoms with Gasteiger partial charge in [0.25, 0.3) is 5.91 Å². The summed E-state index contributed by atoms with van der Waals surface area (Å²) in [5, 5.41) is 13.8. The Morgan fingerprint density at radius 1 is 1.47 bits per heavy atom. The topological polar surface area (TPSA) is 87.7 Å². The van der Waals surface area contributed by atoms with Crippen LogP contribution in [0.1, 0.15) is 24.2 Å². The molecular weight excluding hydrogens is 256 g/mol. The van der Waals surface area contributed by atoms with Crippen LogP contribution in [0.15, 0.2) is 23.4 Å². The van der Waals surface area contributed by atoms with E-state index in [4.69, 9.17) is 10.9 Å². The molecule has 1 aromatic rings. The van der Waals surface area contributed by atoms with Gasteiger partial charge in [-0.2, -0.15) is 0 Å². The van der Waals surface area contributed by atoms with Crippen molar-refractivity contribution >= 4 is 11.7 Å². The molecule has 104 valence electrons. The highest BCUT2D eigenvalue weighted by Crippen LogP contribution is 2.14. The first-order chi connectivity index (χ1) is 8.77. The van der Waals surface area contributed by atoms with Gasteiger partial charge < -0.3 is 16.3 Å². The van der Waals surface area contributed by atoms with Crippen molar-refractivity contribution in [2.45, 2.75) is 13.8 Å². The van der Waals surface area contributed by atoms with Crippen LogP contribution in [0.4, 0.5) is 8.78 Å². The predicted molar refractivity (Wildman–Crippen MR) is 65.9 cm³/mol. The number of amidine groups is 1. The Morgan fingerprint density at radius 3 is 2.68 bits per heavy atom. The monoisotopic (exact) mass is 271 g/mol. The quantitative estimate of drug-likeness (QED) is 0.335. The Bertz CT molecular complexity index is 516. The average molecular weight is 271 g/mol. The van der Waals surface area contributed by atoms with E-state index in [-0.39, 0.29) is 12.4 Å². The molecule has 0 saturated carbocycles. The number of rotatable bonds is 4. The predicted octanol–water partition coefficient (Wildman–Crippen LogP) is 1.47. The van der Waals surface area contributed by atoms with Gasteiger partial charge in [-0.3, -0.25) is 4.79 Å². The highest BCUT2D eigenvalue weighted by molar-refractivity contribution is 5.95. The van der Waals surface area contributed by atoms with Crippen LogP contribution in [0.2, 0.25) is 0 Å². The Morgan fingerprint density at radius 2 is 2.11 bits per heavy atom. The first-order valence-corrected chi connectivity index (χ1v) is 5.49. The minimum absolute atomic E-state index is 0.0116. The average Bonchev–Trinajstić information content (AvgIpc) is 2.37. The van der Waals surface area contributed by atoms with Crippen molar-refractivity contribution in [2.75, 3.05) is 6.54 Å². The smallest absolute Gasteiger partial charge is 0.254 e. The number of carbonyl (C=O) groups excluding carboxylic acids is 1. The number of benzene rings is 1. The van der Waals surface area contributed by atoms with Crippen LogP contribution in [-0.2, 0) is 0 Å². The van der Waals surface area contributed by atoms with Crippen LogP contribution in [-0.4, -0.2) is 23.5 Å². The minimum atomic E-state index is -0.819. The zero-order valence-corrected chi connectivity index (χ0v) is 10.6. The van der Waals surface area contributed by atoms with Gasteiger partial charge in [-0.05, 0) is 18.2 Å². The molecule has 0 radical (unpaired) electrons. The van der Waals surface area contributed by atoms with Gasteiger partial charge in [0.1, 0.15) is 17.5 Å².